The number of aliphatic hydroxyl groups is 1. The second kappa shape index (κ2) is 10.8. The highest BCUT2D eigenvalue weighted by Gasteiger charge is 2.48. The number of carbonyl (C=O) groups excluding carboxylic acids is 3. The van der Waals surface area contributed by atoms with Gasteiger partial charge in [0.15, 0.2) is 5.13 Å². The summed E-state index contributed by atoms with van der Waals surface area (Å²) in [5.74, 6) is -1.99. The van der Waals surface area contributed by atoms with Crippen LogP contribution in [0.3, 0.4) is 0 Å². The van der Waals surface area contributed by atoms with Gasteiger partial charge in [0.2, 0.25) is 0 Å². The second-order valence-corrected chi connectivity index (χ2v) is 9.31. The van der Waals surface area contributed by atoms with Crippen LogP contribution in [0.5, 0.6) is 5.75 Å². The number of aryl methyl sites for hydroxylation is 2. The first-order valence-corrected chi connectivity index (χ1v) is 12.4. The predicted octanol–water partition coefficient (Wildman–Crippen LogP) is 5.13. The van der Waals surface area contributed by atoms with Crippen molar-refractivity contribution in [2.24, 2.45) is 0 Å². The Bertz CT molecular complexity index is 1390. The van der Waals surface area contributed by atoms with E-state index in [4.69, 9.17) is 9.47 Å². The van der Waals surface area contributed by atoms with Crippen LogP contribution < -0.4 is 9.64 Å². The van der Waals surface area contributed by atoms with E-state index in [0.29, 0.717) is 29.2 Å². The molecule has 0 unspecified atom stereocenters. The maximum Gasteiger partial charge on any atom is 0.350 e. The molecular weight excluding hydrogens is 492 g/mol. The molecule has 1 aromatic heterocycles. The molecule has 0 spiro atoms. The molecule has 1 fully saturated rings. The van der Waals surface area contributed by atoms with Crippen LogP contribution in [0, 0.1) is 13.8 Å². The van der Waals surface area contributed by atoms with Gasteiger partial charge in [-0.3, -0.25) is 14.5 Å². The molecule has 4 rings (SSSR count). The summed E-state index contributed by atoms with van der Waals surface area (Å²) < 4.78 is 10.6. The molecular formula is C28H26N2O6S. The lowest BCUT2D eigenvalue weighted by atomic mass is 9.95. The van der Waals surface area contributed by atoms with E-state index < -0.39 is 23.7 Å². The van der Waals surface area contributed by atoms with Crippen molar-refractivity contribution in [3.05, 3.63) is 94.0 Å². The quantitative estimate of drug-likeness (QED) is 0.145. The van der Waals surface area contributed by atoms with Gasteiger partial charge in [-0.1, -0.05) is 53.8 Å². The SMILES string of the molecule is C=CCOc1ccc(/C(O)=C2\C(=O)C(=O)N(c3nc(C)c(C(=O)OCC)s3)[C@@H]2c2ccc(C)cc2)cc1. The normalized spacial score (nSPS) is 16.6. The third kappa shape index (κ3) is 5.03. The number of nitrogens with zero attached hydrogens (tertiary/aromatic N) is 2. The first-order valence-electron chi connectivity index (χ1n) is 11.6. The van der Waals surface area contributed by atoms with Crippen molar-refractivity contribution in [2.75, 3.05) is 18.1 Å². The number of anilines is 1. The van der Waals surface area contributed by atoms with Gasteiger partial charge in [-0.2, -0.15) is 0 Å². The summed E-state index contributed by atoms with van der Waals surface area (Å²) in [5, 5.41) is 11.4. The molecule has 1 N–H and O–H groups in total. The zero-order chi connectivity index (χ0) is 26.7. The number of ether oxygens (including phenoxy) is 2. The highest BCUT2D eigenvalue weighted by atomic mass is 32.1. The first kappa shape index (κ1) is 25.8. The molecule has 1 aliphatic rings. The molecule has 8 nitrogen and oxygen atoms in total. The number of aliphatic hydroxyl groups excluding tert-OH is 1. The number of amides is 1. The molecule has 37 heavy (non-hydrogen) atoms. The fourth-order valence-electron chi connectivity index (χ4n) is 3.98. The van der Waals surface area contributed by atoms with Crippen molar-refractivity contribution >= 4 is 39.9 Å². The van der Waals surface area contributed by atoms with Crippen LogP contribution in [0.1, 0.15) is 45.0 Å². The van der Waals surface area contributed by atoms with Crippen molar-refractivity contribution in [1.82, 2.24) is 4.98 Å². The molecule has 0 aliphatic carbocycles. The summed E-state index contributed by atoms with van der Waals surface area (Å²) in [6, 6.07) is 12.9. The van der Waals surface area contributed by atoms with E-state index in [1.807, 2.05) is 19.1 Å². The summed E-state index contributed by atoms with van der Waals surface area (Å²) in [7, 11) is 0. The largest absolute Gasteiger partial charge is 0.507 e. The fourth-order valence-corrected chi connectivity index (χ4v) is 4.97. The van der Waals surface area contributed by atoms with Crippen LogP contribution in [-0.2, 0) is 14.3 Å². The lowest BCUT2D eigenvalue weighted by molar-refractivity contribution is -0.132. The van der Waals surface area contributed by atoms with Gasteiger partial charge in [-0.15, -0.1) is 0 Å². The molecule has 1 aliphatic heterocycles. The van der Waals surface area contributed by atoms with Crippen molar-refractivity contribution in [3.8, 4) is 5.75 Å². The van der Waals surface area contributed by atoms with E-state index in [0.717, 1.165) is 16.9 Å². The minimum Gasteiger partial charge on any atom is -0.507 e. The van der Waals surface area contributed by atoms with Gasteiger partial charge < -0.3 is 14.6 Å². The van der Waals surface area contributed by atoms with Gasteiger partial charge in [0.05, 0.1) is 23.9 Å². The molecule has 190 valence electrons. The van der Waals surface area contributed by atoms with Crippen LogP contribution in [0.25, 0.3) is 5.76 Å². The highest BCUT2D eigenvalue weighted by Crippen LogP contribution is 2.44. The summed E-state index contributed by atoms with van der Waals surface area (Å²) in [5.41, 5.74) is 2.27. The number of carbonyl (C=O) groups is 3. The van der Waals surface area contributed by atoms with Gasteiger partial charge >= 0.3 is 11.9 Å². The zero-order valence-corrected chi connectivity index (χ0v) is 21.5. The monoisotopic (exact) mass is 518 g/mol. The smallest absolute Gasteiger partial charge is 0.350 e. The Morgan fingerprint density at radius 1 is 1.14 bits per heavy atom. The Balaban J connectivity index is 1.84. The van der Waals surface area contributed by atoms with Gasteiger partial charge in [-0.05, 0) is 50.6 Å². The summed E-state index contributed by atoms with van der Waals surface area (Å²) >= 11 is 0.970. The molecule has 9 heteroatoms. The van der Waals surface area contributed by atoms with Crippen LogP contribution in [0.4, 0.5) is 5.13 Å². The Morgan fingerprint density at radius 2 is 1.81 bits per heavy atom. The molecule has 1 atom stereocenters. The Labute approximate surface area is 218 Å². The number of Topliss-reactive ketones (excluding diaryl/α,β-unsaturated/α-hetero) is 1. The van der Waals surface area contributed by atoms with E-state index in [9.17, 15) is 19.5 Å². The number of esters is 1. The number of hydrogen-bond acceptors (Lipinski definition) is 8. The van der Waals surface area contributed by atoms with Crippen molar-refractivity contribution in [3.63, 3.8) is 0 Å². The van der Waals surface area contributed by atoms with Crippen LogP contribution in [-0.4, -0.2) is 41.0 Å². The number of rotatable bonds is 8. The Kier molecular flexibility index (Phi) is 7.54. The van der Waals surface area contributed by atoms with Gasteiger partial charge in [0.25, 0.3) is 5.78 Å². The van der Waals surface area contributed by atoms with E-state index >= 15 is 0 Å². The molecule has 0 saturated carbocycles. The predicted molar refractivity (Wildman–Crippen MR) is 141 cm³/mol. The van der Waals surface area contributed by atoms with Gasteiger partial charge in [-0.25, -0.2) is 9.78 Å². The highest BCUT2D eigenvalue weighted by molar-refractivity contribution is 7.17. The molecule has 2 aromatic carbocycles. The third-order valence-electron chi connectivity index (χ3n) is 5.79. The van der Waals surface area contributed by atoms with Crippen molar-refractivity contribution < 1.29 is 29.0 Å². The molecule has 0 radical (unpaired) electrons. The number of hydrogen-bond donors (Lipinski definition) is 1. The summed E-state index contributed by atoms with van der Waals surface area (Å²) in [6.45, 7) is 9.39. The van der Waals surface area contributed by atoms with Gasteiger partial charge in [0.1, 0.15) is 23.0 Å². The average Bonchev–Trinajstić information content (AvgIpc) is 3.40. The number of ketones is 1. The van der Waals surface area contributed by atoms with E-state index in [2.05, 4.69) is 11.6 Å². The van der Waals surface area contributed by atoms with Crippen molar-refractivity contribution in [2.45, 2.75) is 26.8 Å². The van der Waals surface area contributed by atoms with Crippen LogP contribution in [0.2, 0.25) is 0 Å². The number of thiazole rings is 1. The van der Waals surface area contributed by atoms with Gasteiger partial charge in [0, 0.05) is 5.56 Å². The molecule has 2 heterocycles. The topological polar surface area (TPSA) is 106 Å². The third-order valence-corrected chi connectivity index (χ3v) is 6.92. The number of benzene rings is 2. The van der Waals surface area contributed by atoms with E-state index in [1.54, 1.807) is 56.3 Å². The summed E-state index contributed by atoms with van der Waals surface area (Å²) in [6.07, 6.45) is 1.62. The fraction of sp³-hybridized carbons (Fsp3) is 0.214. The van der Waals surface area contributed by atoms with E-state index in [-0.39, 0.29) is 27.9 Å². The standard InChI is InChI=1S/C28H26N2O6S/c1-5-15-36-20-13-11-19(12-14-20)23(31)21-22(18-9-7-16(3)8-10-18)30(26(33)24(21)32)28-29-17(4)25(37-28)27(34)35-6-2/h5,7-14,22,31H,1,6,15H2,2-4H3/b23-21+/t22-/m1/s1. The zero-order valence-electron chi connectivity index (χ0n) is 20.7. The minimum atomic E-state index is -0.946. The Hall–Kier alpha value is -4.24. The molecule has 0 bridgehead atoms. The maximum atomic E-state index is 13.3. The summed E-state index contributed by atoms with van der Waals surface area (Å²) in [4.78, 5) is 45.0. The Morgan fingerprint density at radius 3 is 2.43 bits per heavy atom. The molecule has 3 aromatic rings. The van der Waals surface area contributed by atoms with E-state index in [1.165, 1.54) is 4.90 Å². The lowest BCUT2D eigenvalue weighted by Gasteiger charge is -2.23. The molecule has 1 amide bonds. The van der Waals surface area contributed by atoms with Crippen molar-refractivity contribution in [1.29, 1.82) is 0 Å². The number of aromatic nitrogens is 1. The second-order valence-electron chi connectivity index (χ2n) is 8.34. The lowest BCUT2D eigenvalue weighted by Crippen LogP contribution is -2.29. The average molecular weight is 519 g/mol. The van der Waals surface area contributed by atoms with Crippen LogP contribution >= 0.6 is 11.3 Å². The molecule has 1 saturated heterocycles. The first-order chi connectivity index (χ1) is 17.8. The minimum absolute atomic E-state index is 0.0702. The van der Waals surface area contributed by atoms with Crippen LogP contribution in [0.15, 0.2) is 66.8 Å². The maximum absolute atomic E-state index is 13.3.